The minimum absolute atomic E-state index is 0.0876. The van der Waals surface area contributed by atoms with E-state index < -0.39 is 8.56 Å². The Hall–Kier alpha value is 0.0969. The molecule has 1 rings (SSSR count). The molecule has 1 saturated heterocycles. The van der Waals surface area contributed by atoms with Crippen molar-refractivity contribution in [2.24, 2.45) is 11.3 Å². The highest BCUT2D eigenvalue weighted by Crippen LogP contribution is 2.57. The molecule has 3 nitrogen and oxygen atoms in total. The van der Waals surface area contributed by atoms with E-state index in [4.69, 9.17) is 13.6 Å². The lowest BCUT2D eigenvalue weighted by Crippen LogP contribution is -2.73. The third-order valence-electron chi connectivity index (χ3n) is 5.75. The summed E-state index contributed by atoms with van der Waals surface area (Å²) >= 11 is 0. The second-order valence-corrected chi connectivity index (χ2v) is 10.3. The molecule has 1 fully saturated rings. The lowest BCUT2D eigenvalue weighted by atomic mass is 9.69. The van der Waals surface area contributed by atoms with E-state index in [0.717, 1.165) is 18.9 Å². The molecule has 0 aromatic rings. The molecule has 1 aliphatic heterocycles. The Labute approximate surface area is 126 Å². The molecule has 2 atom stereocenters. The quantitative estimate of drug-likeness (QED) is 0.657. The molecule has 0 aromatic carbocycles. The molecule has 4 heteroatoms. The Bertz CT molecular complexity index is 302. The number of ether oxygens (including phenoxy) is 1. The van der Waals surface area contributed by atoms with Crippen LogP contribution in [-0.4, -0.2) is 35.1 Å². The van der Waals surface area contributed by atoms with E-state index in [-0.39, 0.29) is 10.6 Å². The van der Waals surface area contributed by atoms with Crippen LogP contribution in [0.15, 0.2) is 0 Å². The van der Waals surface area contributed by atoms with E-state index in [9.17, 15) is 0 Å². The molecule has 2 unspecified atom stereocenters. The standard InChI is InChI=1S/C16H34O3Si/c1-8-10-14-11-13-20(18-6,19-7)16(17-5,12-9-2)15(14,3)4/h14H,8-13H2,1-7H3. The zero-order chi connectivity index (χ0) is 15.4. The maximum absolute atomic E-state index is 6.22. The van der Waals surface area contributed by atoms with E-state index >= 15 is 0 Å². The molecule has 0 radical (unpaired) electrons. The molecule has 1 aliphatic rings. The highest BCUT2D eigenvalue weighted by Gasteiger charge is 2.68. The first-order chi connectivity index (χ1) is 9.41. The second-order valence-electron chi connectivity index (χ2n) is 6.69. The van der Waals surface area contributed by atoms with Crippen LogP contribution in [0.2, 0.25) is 6.04 Å². The minimum atomic E-state index is -2.36. The van der Waals surface area contributed by atoms with Crippen LogP contribution < -0.4 is 0 Å². The number of hydrogen-bond acceptors (Lipinski definition) is 3. The van der Waals surface area contributed by atoms with Gasteiger partial charge in [0, 0.05) is 21.3 Å². The molecule has 0 saturated carbocycles. The van der Waals surface area contributed by atoms with Crippen molar-refractivity contribution in [1.29, 1.82) is 0 Å². The smallest absolute Gasteiger partial charge is 0.371 e. The average molecular weight is 303 g/mol. The maximum Gasteiger partial charge on any atom is 0.371 e. The summed E-state index contributed by atoms with van der Waals surface area (Å²) in [6.45, 7) is 9.23. The van der Waals surface area contributed by atoms with Gasteiger partial charge in [0.2, 0.25) is 0 Å². The summed E-state index contributed by atoms with van der Waals surface area (Å²) in [5.74, 6) is 0.685. The zero-order valence-corrected chi connectivity index (χ0v) is 15.5. The van der Waals surface area contributed by atoms with Crippen molar-refractivity contribution in [1.82, 2.24) is 0 Å². The van der Waals surface area contributed by atoms with Crippen LogP contribution in [0.4, 0.5) is 0 Å². The summed E-state index contributed by atoms with van der Waals surface area (Å²) in [6, 6.07) is 1.04. The number of methoxy groups -OCH3 is 1. The first-order valence-electron chi connectivity index (χ1n) is 8.06. The van der Waals surface area contributed by atoms with Crippen molar-refractivity contribution < 1.29 is 13.6 Å². The Morgan fingerprint density at radius 3 is 2.05 bits per heavy atom. The summed E-state index contributed by atoms with van der Waals surface area (Å²) in [7, 11) is 3.12. The highest BCUT2D eigenvalue weighted by molar-refractivity contribution is 6.71. The van der Waals surface area contributed by atoms with Crippen molar-refractivity contribution in [3.05, 3.63) is 0 Å². The highest BCUT2D eigenvalue weighted by atomic mass is 28.4. The molecular weight excluding hydrogens is 268 g/mol. The van der Waals surface area contributed by atoms with Gasteiger partial charge in [0.05, 0.1) is 0 Å². The lowest BCUT2D eigenvalue weighted by molar-refractivity contribution is -0.118. The SMILES string of the molecule is CCCC1CC[Si](OC)(OC)C(CCC)(OC)C1(C)C. The summed E-state index contributed by atoms with van der Waals surface area (Å²) in [6.07, 6.45) is 5.81. The van der Waals surface area contributed by atoms with Crippen molar-refractivity contribution in [3.63, 3.8) is 0 Å². The fourth-order valence-corrected chi connectivity index (χ4v) is 9.10. The topological polar surface area (TPSA) is 27.7 Å². The first kappa shape index (κ1) is 18.1. The van der Waals surface area contributed by atoms with Gasteiger partial charge in [0.25, 0.3) is 0 Å². The molecule has 0 aromatic heterocycles. The van der Waals surface area contributed by atoms with Gasteiger partial charge in [-0.25, -0.2) is 0 Å². The van der Waals surface area contributed by atoms with Crippen molar-refractivity contribution in [2.45, 2.75) is 71.1 Å². The molecule has 0 aliphatic carbocycles. The van der Waals surface area contributed by atoms with Crippen LogP contribution in [-0.2, 0) is 13.6 Å². The van der Waals surface area contributed by atoms with Gasteiger partial charge in [0.1, 0.15) is 5.22 Å². The monoisotopic (exact) mass is 302 g/mol. The van der Waals surface area contributed by atoms with Crippen LogP contribution in [0, 0.1) is 11.3 Å². The average Bonchev–Trinajstić information content (AvgIpc) is 2.44. The van der Waals surface area contributed by atoms with Crippen LogP contribution in [0.3, 0.4) is 0 Å². The van der Waals surface area contributed by atoms with Crippen LogP contribution >= 0.6 is 0 Å². The fraction of sp³-hybridized carbons (Fsp3) is 1.00. The Kier molecular flexibility index (Phi) is 6.26. The lowest BCUT2D eigenvalue weighted by Gasteiger charge is -2.60. The largest absolute Gasteiger partial charge is 0.396 e. The molecule has 0 N–H and O–H groups in total. The van der Waals surface area contributed by atoms with E-state index in [0.29, 0.717) is 5.92 Å². The van der Waals surface area contributed by atoms with Crippen molar-refractivity contribution in [3.8, 4) is 0 Å². The van der Waals surface area contributed by atoms with E-state index in [2.05, 4.69) is 27.7 Å². The van der Waals surface area contributed by atoms with Gasteiger partial charge in [-0.2, -0.15) is 0 Å². The summed E-state index contributed by atoms with van der Waals surface area (Å²) in [5.41, 5.74) is 0.0876. The van der Waals surface area contributed by atoms with Gasteiger partial charge in [-0.1, -0.05) is 47.0 Å². The third kappa shape index (κ3) is 2.49. The zero-order valence-electron chi connectivity index (χ0n) is 14.5. The normalized spacial score (nSPS) is 32.2. The molecule has 20 heavy (non-hydrogen) atoms. The Morgan fingerprint density at radius 1 is 1.05 bits per heavy atom. The molecule has 120 valence electrons. The van der Waals surface area contributed by atoms with Crippen LogP contribution in [0.5, 0.6) is 0 Å². The van der Waals surface area contributed by atoms with E-state index in [1.807, 2.05) is 21.3 Å². The molecule has 1 heterocycles. The van der Waals surface area contributed by atoms with Gasteiger partial charge in [0.15, 0.2) is 0 Å². The summed E-state index contributed by atoms with van der Waals surface area (Å²) < 4.78 is 18.3. The van der Waals surface area contributed by atoms with Gasteiger partial charge < -0.3 is 13.6 Å². The second kappa shape index (κ2) is 6.90. The fourth-order valence-electron chi connectivity index (χ4n) is 4.60. The van der Waals surface area contributed by atoms with Gasteiger partial charge in [-0.05, 0) is 30.2 Å². The van der Waals surface area contributed by atoms with Crippen molar-refractivity contribution in [2.75, 3.05) is 21.3 Å². The Balaban J connectivity index is 3.32. The molecule has 0 spiro atoms. The van der Waals surface area contributed by atoms with Crippen LogP contribution in [0.25, 0.3) is 0 Å². The van der Waals surface area contributed by atoms with Gasteiger partial charge >= 0.3 is 8.56 Å². The number of hydrogen-bond donors (Lipinski definition) is 0. The first-order valence-corrected chi connectivity index (χ1v) is 10.1. The van der Waals surface area contributed by atoms with Gasteiger partial charge in [-0.15, -0.1) is 0 Å². The number of rotatable bonds is 7. The Morgan fingerprint density at radius 2 is 1.65 bits per heavy atom. The predicted molar refractivity (Wildman–Crippen MR) is 86.0 cm³/mol. The minimum Gasteiger partial charge on any atom is -0.396 e. The molecule has 0 bridgehead atoms. The van der Waals surface area contributed by atoms with Crippen LogP contribution in [0.1, 0.15) is 59.8 Å². The van der Waals surface area contributed by atoms with Crippen molar-refractivity contribution >= 4 is 8.56 Å². The summed E-state index contributed by atoms with van der Waals surface area (Å²) in [4.78, 5) is 0. The predicted octanol–water partition coefficient (Wildman–Crippen LogP) is 4.29. The molecule has 0 amide bonds. The van der Waals surface area contributed by atoms with E-state index in [1.165, 1.54) is 19.3 Å². The van der Waals surface area contributed by atoms with Gasteiger partial charge in [-0.3, -0.25) is 0 Å². The summed E-state index contributed by atoms with van der Waals surface area (Å²) in [5, 5.41) is -0.254. The molecular formula is C16H34O3Si. The third-order valence-corrected chi connectivity index (χ3v) is 10.3. The van der Waals surface area contributed by atoms with E-state index in [1.54, 1.807) is 0 Å². The maximum atomic E-state index is 6.22.